The van der Waals surface area contributed by atoms with Crippen molar-refractivity contribution in [1.82, 2.24) is 10.2 Å². The van der Waals surface area contributed by atoms with Crippen LogP contribution in [0.3, 0.4) is 0 Å². The largest absolute Gasteiger partial charge is 0.325 e. The molecule has 2 heterocycles. The molecule has 0 aliphatic carbocycles. The van der Waals surface area contributed by atoms with E-state index in [1.165, 1.54) is 16.9 Å². The van der Waals surface area contributed by atoms with Gasteiger partial charge in [-0.15, -0.1) is 21.5 Å². The van der Waals surface area contributed by atoms with Crippen molar-refractivity contribution < 1.29 is 4.79 Å². The molecule has 3 aromatic rings. The number of aryl methyl sites for hydroxylation is 1. The summed E-state index contributed by atoms with van der Waals surface area (Å²) >= 11 is 1.39. The van der Waals surface area contributed by atoms with Crippen molar-refractivity contribution in [1.29, 1.82) is 0 Å². The van der Waals surface area contributed by atoms with Crippen molar-refractivity contribution in [3.63, 3.8) is 0 Å². The van der Waals surface area contributed by atoms with Gasteiger partial charge in [-0.25, -0.2) is 0 Å². The molecular weight excluding hydrogens is 320 g/mol. The van der Waals surface area contributed by atoms with Gasteiger partial charge in [-0.2, -0.15) is 0 Å². The molecule has 24 heavy (non-hydrogen) atoms. The van der Waals surface area contributed by atoms with Crippen LogP contribution in [0.5, 0.6) is 0 Å². The summed E-state index contributed by atoms with van der Waals surface area (Å²) in [6, 6.07) is 15.5. The fourth-order valence-electron chi connectivity index (χ4n) is 2.39. The highest BCUT2D eigenvalue weighted by molar-refractivity contribution is 7.12. The minimum atomic E-state index is -0.168. The van der Waals surface area contributed by atoms with Gasteiger partial charge >= 0.3 is 0 Å². The Balaban J connectivity index is 1.76. The predicted octanol–water partition coefficient (Wildman–Crippen LogP) is 4.26. The summed E-state index contributed by atoms with van der Waals surface area (Å²) in [6.45, 7) is 4.90. The number of anilines is 3. The lowest BCUT2D eigenvalue weighted by atomic mass is 10.2. The van der Waals surface area contributed by atoms with Crippen LogP contribution in [0.25, 0.3) is 0 Å². The lowest BCUT2D eigenvalue weighted by molar-refractivity contribution is 0.103. The second kappa shape index (κ2) is 7.23. The second-order valence-electron chi connectivity index (χ2n) is 5.29. The summed E-state index contributed by atoms with van der Waals surface area (Å²) in [7, 11) is 0. The van der Waals surface area contributed by atoms with E-state index in [4.69, 9.17) is 0 Å². The molecule has 1 N–H and O–H groups in total. The smallest absolute Gasteiger partial charge is 0.266 e. The van der Waals surface area contributed by atoms with Crippen LogP contribution in [0.4, 0.5) is 17.3 Å². The van der Waals surface area contributed by atoms with Gasteiger partial charge < -0.3 is 10.2 Å². The molecule has 1 amide bonds. The molecule has 0 spiro atoms. The van der Waals surface area contributed by atoms with E-state index in [9.17, 15) is 4.79 Å². The van der Waals surface area contributed by atoms with E-state index in [1.54, 1.807) is 12.1 Å². The average Bonchev–Trinajstić information content (AvgIpc) is 3.12. The van der Waals surface area contributed by atoms with Crippen molar-refractivity contribution in [3.8, 4) is 0 Å². The molecule has 0 unspecified atom stereocenters. The Morgan fingerprint density at radius 2 is 2.04 bits per heavy atom. The molecule has 2 aromatic heterocycles. The molecule has 0 atom stereocenters. The van der Waals surface area contributed by atoms with E-state index in [-0.39, 0.29) is 5.91 Å². The second-order valence-corrected chi connectivity index (χ2v) is 6.24. The third-order valence-corrected chi connectivity index (χ3v) is 4.41. The summed E-state index contributed by atoms with van der Waals surface area (Å²) in [6.07, 6.45) is 0. The Morgan fingerprint density at radius 3 is 2.67 bits per heavy atom. The van der Waals surface area contributed by atoms with Crippen LogP contribution in [0, 0.1) is 6.92 Å². The zero-order chi connectivity index (χ0) is 16.9. The van der Waals surface area contributed by atoms with Gasteiger partial charge in [0.2, 0.25) is 0 Å². The van der Waals surface area contributed by atoms with Crippen LogP contribution < -0.4 is 10.2 Å². The lowest BCUT2D eigenvalue weighted by Crippen LogP contribution is -2.18. The molecule has 0 saturated heterocycles. The first-order valence-corrected chi connectivity index (χ1v) is 8.58. The maximum Gasteiger partial charge on any atom is 0.266 e. The molecule has 0 aliphatic heterocycles. The Hall–Kier alpha value is -2.73. The molecule has 1 aromatic carbocycles. The maximum atomic E-state index is 12.0. The molecule has 0 radical (unpaired) electrons. The van der Waals surface area contributed by atoms with Crippen LogP contribution in [0.1, 0.15) is 22.2 Å². The molecule has 0 fully saturated rings. The number of carbonyl (C=O) groups is 1. The quantitative estimate of drug-likeness (QED) is 0.755. The Labute approximate surface area is 145 Å². The Morgan fingerprint density at radius 1 is 1.17 bits per heavy atom. The van der Waals surface area contributed by atoms with Crippen LogP contribution in [0.2, 0.25) is 0 Å². The van der Waals surface area contributed by atoms with Gasteiger partial charge in [-0.1, -0.05) is 18.2 Å². The number of nitrogens with one attached hydrogen (secondary N) is 1. The van der Waals surface area contributed by atoms with Gasteiger partial charge in [0.25, 0.3) is 5.91 Å². The Bertz CT molecular complexity index is 815. The standard InChI is InChI=1S/C18H18N4OS/c1-3-22(14-7-4-6-13(2)12-14)17-10-9-16(20-21-17)19-18(23)15-8-5-11-24-15/h4-12H,3H2,1-2H3,(H,19,20,23). The number of benzene rings is 1. The minimum Gasteiger partial charge on any atom is -0.325 e. The highest BCUT2D eigenvalue weighted by Gasteiger charge is 2.11. The average molecular weight is 338 g/mol. The van der Waals surface area contributed by atoms with Gasteiger partial charge in [-0.3, -0.25) is 4.79 Å². The number of nitrogens with zero attached hydrogens (tertiary/aromatic N) is 3. The van der Waals surface area contributed by atoms with Crippen LogP contribution in [0.15, 0.2) is 53.9 Å². The molecule has 3 rings (SSSR count). The van der Waals surface area contributed by atoms with E-state index in [0.717, 1.165) is 18.1 Å². The van der Waals surface area contributed by atoms with Gasteiger partial charge in [0.05, 0.1) is 4.88 Å². The predicted molar refractivity (Wildman–Crippen MR) is 98.2 cm³/mol. The first-order chi connectivity index (χ1) is 11.7. The third-order valence-electron chi connectivity index (χ3n) is 3.54. The molecule has 0 bridgehead atoms. The van der Waals surface area contributed by atoms with Gasteiger partial charge in [0, 0.05) is 12.2 Å². The van der Waals surface area contributed by atoms with E-state index in [1.807, 2.05) is 29.6 Å². The SMILES string of the molecule is CCN(c1cccc(C)c1)c1ccc(NC(=O)c2cccs2)nn1. The first kappa shape index (κ1) is 16.1. The Kier molecular flexibility index (Phi) is 4.86. The third kappa shape index (κ3) is 3.60. The highest BCUT2D eigenvalue weighted by Crippen LogP contribution is 2.24. The lowest BCUT2D eigenvalue weighted by Gasteiger charge is -2.22. The van der Waals surface area contributed by atoms with Crippen LogP contribution >= 0.6 is 11.3 Å². The van der Waals surface area contributed by atoms with E-state index >= 15 is 0 Å². The summed E-state index contributed by atoms with van der Waals surface area (Å²) < 4.78 is 0. The molecule has 0 aliphatic rings. The number of amides is 1. The number of hydrogen-bond donors (Lipinski definition) is 1. The number of carbonyl (C=O) groups excluding carboxylic acids is 1. The number of hydrogen-bond acceptors (Lipinski definition) is 5. The zero-order valence-electron chi connectivity index (χ0n) is 13.6. The summed E-state index contributed by atoms with van der Waals surface area (Å²) in [5.74, 6) is 1.02. The van der Waals surface area contributed by atoms with Crippen molar-refractivity contribution in [2.45, 2.75) is 13.8 Å². The number of thiophene rings is 1. The molecular formula is C18H18N4OS. The summed E-state index contributed by atoms with van der Waals surface area (Å²) in [5, 5.41) is 13.0. The topological polar surface area (TPSA) is 58.1 Å². The van der Waals surface area contributed by atoms with Crippen molar-refractivity contribution in [2.24, 2.45) is 0 Å². The van der Waals surface area contributed by atoms with Gasteiger partial charge in [0.1, 0.15) is 0 Å². The number of aromatic nitrogens is 2. The molecule has 6 heteroatoms. The molecule has 5 nitrogen and oxygen atoms in total. The van der Waals surface area contributed by atoms with Crippen molar-refractivity contribution >= 4 is 34.6 Å². The van der Waals surface area contributed by atoms with Gasteiger partial charge in [0.15, 0.2) is 11.6 Å². The monoisotopic (exact) mass is 338 g/mol. The molecule has 122 valence electrons. The normalized spacial score (nSPS) is 10.4. The highest BCUT2D eigenvalue weighted by atomic mass is 32.1. The van der Waals surface area contributed by atoms with E-state index in [2.05, 4.69) is 46.4 Å². The summed E-state index contributed by atoms with van der Waals surface area (Å²) in [5.41, 5.74) is 2.26. The van der Waals surface area contributed by atoms with Crippen LogP contribution in [-0.4, -0.2) is 22.6 Å². The van der Waals surface area contributed by atoms with E-state index in [0.29, 0.717) is 10.7 Å². The van der Waals surface area contributed by atoms with Crippen molar-refractivity contribution in [2.75, 3.05) is 16.8 Å². The van der Waals surface area contributed by atoms with Gasteiger partial charge in [-0.05, 0) is 55.1 Å². The van der Waals surface area contributed by atoms with Crippen LogP contribution in [-0.2, 0) is 0 Å². The zero-order valence-corrected chi connectivity index (χ0v) is 14.4. The molecule has 0 saturated carbocycles. The fraction of sp³-hybridized carbons (Fsp3) is 0.167. The van der Waals surface area contributed by atoms with Crippen molar-refractivity contribution in [3.05, 3.63) is 64.4 Å². The fourth-order valence-corrected chi connectivity index (χ4v) is 3.01. The maximum absolute atomic E-state index is 12.0. The van der Waals surface area contributed by atoms with E-state index < -0.39 is 0 Å². The summed E-state index contributed by atoms with van der Waals surface area (Å²) in [4.78, 5) is 14.8. The minimum absolute atomic E-state index is 0.168. The first-order valence-electron chi connectivity index (χ1n) is 7.70. The number of rotatable bonds is 5.